The van der Waals surface area contributed by atoms with E-state index >= 15 is 0 Å². The highest BCUT2D eigenvalue weighted by Gasteiger charge is 2.30. The topological polar surface area (TPSA) is 92.7 Å². The van der Waals surface area contributed by atoms with E-state index in [1.165, 1.54) is 0 Å². The maximum Gasteiger partial charge on any atom is 0.310 e. The van der Waals surface area contributed by atoms with E-state index in [1.54, 1.807) is 18.2 Å². The second-order valence-corrected chi connectivity index (χ2v) is 7.80. The Hall–Kier alpha value is -2.37. The highest BCUT2D eigenvalue weighted by atomic mass is 16.6. The number of hydrogen-bond acceptors (Lipinski definition) is 4. The molecule has 0 heterocycles. The number of benzene rings is 1. The Bertz CT molecular complexity index is 669. The number of para-hydroxylation sites is 1. The van der Waals surface area contributed by atoms with Gasteiger partial charge in [0.05, 0.1) is 12.3 Å². The van der Waals surface area contributed by atoms with Gasteiger partial charge in [0.2, 0.25) is 5.91 Å². The zero-order valence-corrected chi connectivity index (χ0v) is 15.6. The fraction of sp³-hybridized carbons (Fsp3) is 0.550. The normalized spacial score (nSPS) is 20.3. The molecule has 0 radical (unpaired) electrons. The quantitative estimate of drug-likeness (QED) is 0.784. The first-order chi connectivity index (χ1) is 12.2. The Morgan fingerprint density at radius 3 is 2.23 bits per heavy atom. The summed E-state index contributed by atoms with van der Waals surface area (Å²) in [4.78, 5) is 35.6. The van der Waals surface area contributed by atoms with Crippen molar-refractivity contribution < 1.29 is 24.2 Å². The van der Waals surface area contributed by atoms with Crippen molar-refractivity contribution in [2.75, 3.05) is 5.32 Å². The highest BCUT2D eigenvalue weighted by Crippen LogP contribution is 2.30. The number of aliphatic carboxylic acids is 1. The number of amides is 1. The molecule has 6 nitrogen and oxygen atoms in total. The molecule has 1 aliphatic rings. The molecule has 2 rings (SSSR count). The minimum Gasteiger partial charge on any atom is -0.481 e. The van der Waals surface area contributed by atoms with Crippen LogP contribution >= 0.6 is 0 Å². The molecular weight excluding hydrogens is 334 g/mol. The van der Waals surface area contributed by atoms with Crippen LogP contribution in [0.15, 0.2) is 24.3 Å². The number of anilines is 1. The molecule has 0 bridgehead atoms. The van der Waals surface area contributed by atoms with Crippen LogP contribution < -0.4 is 5.32 Å². The van der Waals surface area contributed by atoms with Gasteiger partial charge in [-0.3, -0.25) is 14.4 Å². The van der Waals surface area contributed by atoms with Crippen molar-refractivity contribution in [2.45, 2.75) is 58.5 Å². The van der Waals surface area contributed by atoms with Gasteiger partial charge in [0.25, 0.3) is 0 Å². The lowest BCUT2D eigenvalue weighted by molar-refractivity contribution is -0.154. The van der Waals surface area contributed by atoms with E-state index in [1.807, 2.05) is 26.8 Å². The summed E-state index contributed by atoms with van der Waals surface area (Å²) in [7, 11) is 0. The van der Waals surface area contributed by atoms with E-state index in [4.69, 9.17) is 9.84 Å². The third-order valence-electron chi connectivity index (χ3n) is 4.48. The van der Waals surface area contributed by atoms with Crippen LogP contribution in [0.1, 0.15) is 52.0 Å². The van der Waals surface area contributed by atoms with E-state index in [0.717, 1.165) is 0 Å². The van der Waals surface area contributed by atoms with Crippen LogP contribution in [0.25, 0.3) is 0 Å². The van der Waals surface area contributed by atoms with Gasteiger partial charge in [0, 0.05) is 11.6 Å². The molecule has 1 fully saturated rings. The molecule has 0 saturated heterocycles. The van der Waals surface area contributed by atoms with E-state index < -0.39 is 11.6 Å². The van der Waals surface area contributed by atoms with Gasteiger partial charge in [-0.15, -0.1) is 0 Å². The van der Waals surface area contributed by atoms with Crippen LogP contribution in [0, 0.1) is 11.8 Å². The molecule has 0 spiro atoms. The van der Waals surface area contributed by atoms with Crippen molar-refractivity contribution in [3.8, 4) is 0 Å². The van der Waals surface area contributed by atoms with Crippen molar-refractivity contribution in [2.24, 2.45) is 11.8 Å². The summed E-state index contributed by atoms with van der Waals surface area (Å²) >= 11 is 0. The summed E-state index contributed by atoms with van der Waals surface area (Å²) in [5.74, 6) is -1.79. The Balaban J connectivity index is 1.98. The fourth-order valence-electron chi connectivity index (χ4n) is 3.17. The van der Waals surface area contributed by atoms with Crippen molar-refractivity contribution >= 4 is 23.5 Å². The lowest BCUT2D eigenvalue weighted by atomic mass is 9.81. The number of nitrogens with one attached hydrogen (secondary N) is 1. The summed E-state index contributed by atoms with van der Waals surface area (Å²) in [6.45, 7) is 5.43. The third-order valence-corrected chi connectivity index (χ3v) is 4.48. The molecule has 142 valence electrons. The van der Waals surface area contributed by atoms with Gasteiger partial charge in [0.1, 0.15) is 5.60 Å². The first kappa shape index (κ1) is 19.9. The molecule has 0 aliphatic heterocycles. The van der Waals surface area contributed by atoms with Gasteiger partial charge in [0.15, 0.2) is 0 Å². The Kier molecular flexibility index (Phi) is 6.40. The Morgan fingerprint density at radius 2 is 1.65 bits per heavy atom. The standard InChI is InChI=1S/C20H27NO5/c1-20(2,3)26-17(22)12-15-6-4-5-7-16(15)21-18(23)13-8-10-14(11-9-13)19(24)25/h4-7,13-14H,8-12H2,1-3H3,(H,21,23)(H,24,25). The molecule has 1 aromatic carbocycles. The molecule has 1 amide bonds. The summed E-state index contributed by atoms with van der Waals surface area (Å²) in [5, 5.41) is 12.0. The van der Waals surface area contributed by atoms with Crippen LogP contribution in [-0.2, 0) is 25.5 Å². The van der Waals surface area contributed by atoms with Crippen LogP contribution in [0.3, 0.4) is 0 Å². The second-order valence-electron chi connectivity index (χ2n) is 7.80. The Morgan fingerprint density at radius 1 is 1.08 bits per heavy atom. The van der Waals surface area contributed by atoms with Crippen molar-refractivity contribution in [1.29, 1.82) is 0 Å². The zero-order chi connectivity index (χ0) is 19.3. The van der Waals surface area contributed by atoms with Gasteiger partial charge in [-0.1, -0.05) is 18.2 Å². The lowest BCUT2D eigenvalue weighted by Gasteiger charge is -2.25. The highest BCUT2D eigenvalue weighted by molar-refractivity contribution is 5.94. The molecule has 1 aromatic rings. The second kappa shape index (κ2) is 8.34. The molecule has 0 aromatic heterocycles. The summed E-state index contributed by atoms with van der Waals surface area (Å²) < 4.78 is 5.34. The molecule has 0 unspecified atom stereocenters. The largest absolute Gasteiger partial charge is 0.481 e. The number of hydrogen-bond donors (Lipinski definition) is 2. The van der Waals surface area contributed by atoms with Crippen LogP contribution in [-0.4, -0.2) is 28.6 Å². The molecule has 2 N–H and O–H groups in total. The van der Waals surface area contributed by atoms with Crippen LogP contribution in [0.2, 0.25) is 0 Å². The first-order valence-electron chi connectivity index (χ1n) is 8.99. The van der Waals surface area contributed by atoms with Gasteiger partial charge in [-0.25, -0.2) is 0 Å². The zero-order valence-electron chi connectivity index (χ0n) is 15.6. The van der Waals surface area contributed by atoms with Crippen LogP contribution in [0.4, 0.5) is 5.69 Å². The summed E-state index contributed by atoms with van der Waals surface area (Å²) in [5.41, 5.74) is 0.746. The number of rotatable bonds is 5. The van der Waals surface area contributed by atoms with Gasteiger partial charge < -0.3 is 15.2 Å². The summed E-state index contributed by atoms with van der Waals surface area (Å²) in [6.07, 6.45) is 2.26. The molecule has 1 aliphatic carbocycles. The van der Waals surface area contributed by atoms with Crippen molar-refractivity contribution in [1.82, 2.24) is 0 Å². The van der Waals surface area contributed by atoms with Crippen molar-refractivity contribution in [3.05, 3.63) is 29.8 Å². The maximum absolute atomic E-state index is 12.5. The average Bonchev–Trinajstić information content (AvgIpc) is 2.55. The first-order valence-corrected chi connectivity index (χ1v) is 8.99. The third kappa shape index (κ3) is 5.86. The summed E-state index contributed by atoms with van der Waals surface area (Å²) in [6, 6.07) is 7.17. The number of carbonyl (C=O) groups excluding carboxylic acids is 2. The van der Waals surface area contributed by atoms with Gasteiger partial charge >= 0.3 is 11.9 Å². The molecule has 26 heavy (non-hydrogen) atoms. The van der Waals surface area contributed by atoms with Gasteiger partial charge in [-0.2, -0.15) is 0 Å². The number of carboxylic acid groups (broad SMARTS) is 1. The van der Waals surface area contributed by atoms with Gasteiger partial charge in [-0.05, 0) is 58.1 Å². The minimum atomic E-state index is -0.786. The molecule has 0 atom stereocenters. The lowest BCUT2D eigenvalue weighted by Crippen LogP contribution is -2.30. The average molecular weight is 361 g/mol. The van der Waals surface area contributed by atoms with E-state index in [2.05, 4.69) is 5.32 Å². The number of carboxylic acids is 1. The van der Waals surface area contributed by atoms with E-state index in [0.29, 0.717) is 36.9 Å². The molecule has 1 saturated carbocycles. The SMILES string of the molecule is CC(C)(C)OC(=O)Cc1ccccc1NC(=O)C1CCC(C(=O)O)CC1. The fourth-order valence-corrected chi connectivity index (χ4v) is 3.17. The molecule has 6 heteroatoms. The smallest absolute Gasteiger partial charge is 0.310 e. The van der Waals surface area contributed by atoms with Crippen LogP contribution in [0.5, 0.6) is 0 Å². The minimum absolute atomic E-state index is 0.0828. The Labute approximate surface area is 153 Å². The van der Waals surface area contributed by atoms with Crippen molar-refractivity contribution in [3.63, 3.8) is 0 Å². The number of ether oxygens (including phenoxy) is 1. The maximum atomic E-state index is 12.5. The van der Waals surface area contributed by atoms with E-state index in [-0.39, 0.29) is 30.1 Å². The predicted octanol–water partition coefficient (Wildman–Crippen LogP) is 3.40. The predicted molar refractivity (Wildman–Crippen MR) is 97.7 cm³/mol. The monoisotopic (exact) mass is 361 g/mol. The number of esters is 1. The number of carbonyl (C=O) groups is 3. The van der Waals surface area contributed by atoms with E-state index in [9.17, 15) is 14.4 Å². The molecular formula is C20H27NO5.